The third kappa shape index (κ3) is 2.28. The van der Waals surface area contributed by atoms with Crippen molar-refractivity contribution in [3.8, 4) is 17.0 Å². The van der Waals surface area contributed by atoms with Crippen LogP contribution in [0.25, 0.3) is 11.3 Å². The standard InChI is InChI=1S/C14H16N2O/c1-9-7-12(17-4)5-6-13(9)14-11(3)15-8-10(2)16-14/h5-8H,1-4H3. The average molecular weight is 228 g/mol. The molecule has 1 aromatic heterocycles. The number of methoxy groups -OCH3 is 1. The normalized spacial score (nSPS) is 10.4. The Hall–Kier alpha value is -1.90. The molecule has 2 rings (SSSR count). The van der Waals surface area contributed by atoms with Gasteiger partial charge in [0.2, 0.25) is 0 Å². The number of hydrogen-bond acceptors (Lipinski definition) is 3. The first kappa shape index (κ1) is 11.6. The molecule has 17 heavy (non-hydrogen) atoms. The van der Waals surface area contributed by atoms with Crippen LogP contribution < -0.4 is 4.74 Å². The van der Waals surface area contributed by atoms with Crippen molar-refractivity contribution in [3.63, 3.8) is 0 Å². The third-order valence-electron chi connectivity index (χ3n) is 2.76. The molecule has 0 amide bonds. The number of aromatic nitrogens is 2. The van der Waals surface area contributed by atoms with Crippen molar-refractivity contribution in [1.82, 2.24) is 9.97 Å². The SMILES string of the molecule is COc1ccc(-c2nc(C)cnc2C)c(C)c1. The van der Waals surface area contributed by atoms with Crippen molar-refractivity contribution in [2.24, 2.45) is 0 Å². The molecule has 3 nitrogen and oxygen atoms in total. The largest absolute Gasteiger partial charge is 0.497 e. The maximum absolute atomic E-state index is 5.20. The molecule has 0 spiro atoms. The molecule has 3 heteroatoms. The van der Waals surface area contributed by atoms with Gasteiger partial charge in [0.25, 0.3) is 0 Å². The van der Waals surface area contributed by atoms with Gasteiger partial charge in [-0.2, -0.15) is 0 Å². The van der Waals surface area contributed by atoms with Gasteiger partial charge in [0, 0.05) is 11.8 Å². The second-order valence-electron chi connectivity index (χ2n) is 4.13. The van der Waals surface area contributed by atoms with Crippen LogP contribution in [0.3, 0.4) is 0 Å². The molecule has 0 saturated carbocycles. The number of benzene rings is 1. The summed E-state index contributed by atoms with van der Waals surface area (Å²) in [7, 11) is 1.67. The van der Waals surface area contributed by atoms with Crippen LogP contribution in [-0.2, 0) is 0 Å². The van der Waals surface area contributed by atoms with Crippen LogP contribution in [0.15, 0.2) is 24.4 Å². The van der Waals surface area contributed by atoms with E-state index in [0.29, 0.717) is 0 Å². The molecule has 0 aliphatic heterocycles. The van der Waals surface area contributed by atoms with Gasteiger partial charge in [-0.3, -0.25) is 4.98 Å². The summed E-state index contributed by atoms with van der Waals surface area (Å²) in [5.41, 5.74) is 5.08. The summed E-state index contributed by atoms with van der Waals surface area (Å²) in [4.78, 5) is 8.90. The van der Waals surface area contributed by atoms with E-state index in [1.54, 1.807) is 13.3 Å². The number of ether oxygens (including phenoxy) is 1. The molecule has 0 radical (unpaired) electrons. The molecule has 88 valence electrons. The summed E-state index contributed by atoms with van der Waals surface area (Å²) in [6.45, 7) is 5.99. The highest BCUT2D eigenvalue weighted by atomic mass is 16.5. The maximum atomic E-state index is 5.20. The van der Waals surface area contributed by atoms with E-state index in [1.807, 2.05) is 32.0 Å². The first-order chi connectivity index (χ1) is 8.11. The molecule has 1 aromatic carbocycles. The van der Waals surface area contributed by atoms with Crippen molar-refractivity contribution >= 4 is 0 Å². The summed E-state index contributed by atoms with van der Waals surface area (Å²) in [6.07, 6.45) is 1.79. The Kier molecular flexibility index (Phi) is 3.09. The zero-order chi connectivity index (χ0) is 12.4. The van der Waals surface area contributed by atoms with Gasteiger partial charge in [0.1, 0.15) is 5.75 Å². The number of rotatable bonds is 2. The minimum absolute atomic E-state index is 0.865. The van der Waals surface area contributed by atoms with E-state index >= 15 is 0 Å². The van der Waals surface area contributed by atoms with Crippen molar-refractivity contribution in [2.45, 2.75) is 20.8 Å². The monoisotopic (exact) mass is 228 g/mol. The fourth-order valence-corrected chi connectivity index (χ4v) is 1.82. The van der Waals surface area contributed by atoms with Crippen LogP contribution >= 0.6 is 0 Å². The summed E-state index contributed by atoms with van der Waals surface area (Å²) in [5, 5.41) is 0. The highest BCUT2D eigenvalue weighted by molar-refractivity contribution is 5.66. The van der Waals surface area contributed by atoms with Crippen LogP contribution in [0.4, 0.5) is 0 Å². The molecule has 0 bridgehead atoms. The molecule has 2 aromatic rings. The van der Waals surface area contributed by atoms with Crippen LogP contribution in [0, 0.1) is 20.8 Å². The fraction of sp³-hybridized carbons (Fsp3) is 0.286. The lowest BCUT2D eigenvalue weighted by molar-refractivity contribution is 0.414. The number of aryl methyl sites for hydroxylation is 3. The minimum atomic E-state index is 0.865. The lowest BCUT2D eigenvalue weighted by Gasteiger charge is -2.10. The Labute approximate surface area is 102 Å². The van der Waals surface area contributed by atoms with Crippen LogP contribution in [0.2, 0.25) is 0 Å². The molecule has 0 aliphatic rings. The fourth-order valence-electron chi connectivity index (χ4n) is 1.82. The zero-order valence-corrected chi connectivity index (χ0v) is 10.6. The summed E-state index contributed by atoms with van der Waals surface area (Å²) < 4.78 is 5.20. The molecule has 0 N–H and O–H groups in total. The Bertz CT molecular complexity index is 550. The first-order valence-corrected chi connectivity index (χ1v) is 5.57. The average Bonchev–Trinajstić information content (AvgIpc) is 2.32. The van der Waals surface area contributed by atoms with E-state index in [4.69, 9.17) is 4.74 Å². The second-order valence-corrected chi connectivity index (χ2v) is 4.13. The van der Waals surface area contributed by atoms with Gasteiger partial charge in [-0.15, -0.1) is 0 Å². The Balaban J connectivity index is 2.56. The highest BCUT2D eigenvalue weighted by Crippen LogP contribution is 2.26. The molecule has 0 atom stereocenters. The Morgan fingerprint density at radius 1 is 1.12 bits per heavy atom. The highest BCUT2D eigenvalue weighted by Gasteiger charge is 2.08. The van der Waals surface area contributed by atoms with Gasteiger partial charge in [-0.25, -0.2) is 4.98 Å². The van der Waals surface area contributed by atoms with Crippen molar-refractivity contribution < 1.29 is 4.74 Å². The smallest absolute Gasteiger partial charge is 0.119 e. The molecular formula is C14H16N2O. The maximum Gasteiger partial charge on any atom is 0.119 e. The van der Waals surface area contributed by atoms with Crippen molar-refractivity contribution in [1.29, 1.82) is 0 Å². The minimum Gasteiger partial charge on any atom is -0.497 e. The Morgan fingerprint density at radius 3 is 2.53 bits per heavy atom. The van der Waals surface area contributed by atoms with E-state index in [0.717, 1.165) is 34.0 Å². The molecule has 0 unspecified atom stereocenters. The van der Waals surface area contributed by atoms with E-state index in [2.05, 4.69) is 16.9 Å². The van der Waals surface area contributed by atoms with Gasteiger partial charge in [0.15, 0.2) is 0 Å². The van der Waals surface area contributed by atoms with Crippen LogP contribution in [-0.4, -0.2) is 17.1 Å². The van der Waals surface area contributed by atoms with Crippen molar-refractivity contribution in [2.75, 3.05) is 7.11 Å². The second kappa shape index (κ2) is 4.53. The summed E-state index contributed by atoms with van der Waals surface area (Å²) >= 11 is 0. The van der Waals surface area contributed by atoms with E-state index in [-0.39, 0.29) is 0 Å². The van der Waals surface area contributed by atoms with Gasteiger partial charge in [-0.1, -0.05) is 0 Å². The van der Waals surface area contributed by atoms with Crippen molar-refractivity contribution in [3.05, 3.63) is 41.3 Å². The van der Waals surface area contributed by atoms with E-state index < -0.39 is 0 Å². The van der Waals surface area contributed by atoms with Gasteiger partial charge in [-0.05, 0) is 44.5 Å². The van der Waals surface area contributed by atoms with Gasteiger partial charge in [0.05, 0.1) is 24.2 Å². The predicted octanol–water partition coefficient (Wildman–Crippen LogP) is 3.08. The third-order valence-corrected chi connectivity index (χ3v) is 2.76. The van der Waals surface area contributed by atoms with E-state index in [9.17, 15) is 0 Å². The predicted molar refractivity (Wildman–Crippen MR) is 68.2 cm³/mol. The topological polar surface area (TPSA) is 35.0 Å². The van der Waals surface area contributed by atoms with Gasteiger partial charge < -0.3 is 4.74 Å². The Morgan fingerprint density at radius 2 is 1.88 bits per heavy atom. The lowest BCUT2D eigenvalue weighted by Crippen LogP contribution is -1.96. The van der Waals surface area contributed by atoms with Crippen LogP contribution in [0.5, 0.6) is 5.75 Å². The molecule has 0 fully saturated rings. The quantitative estimate of drug-likeness (QED) is 0.792. The first-order valence-electron chi connectivity index (χ1n) is 5.57. The lowest BCUT2D eigenvalue weighted by atomic mass is 10.0. The zero-order valence-electron chi connectivity index (χ0n) is 10.6. The number of nitrogens with zero attached hydrogens (tertiary/aromatic N) is 2. The number of hydrogen-bond donors (Lipinski definition) is 0. The molecular weight excluding hydrogens is 212 g/mol. The summed E-state index contributed by atoms with van der Waals surface area (Å²) in [6, 6.07) is 6.00. The summed E-state index contributed by atoms with van der Waals surface area (Å²) in [5.74, 6) is 0.865. The molecule has 0 aliphatic carbocycles. The molecule has 0 saturated heterocycles. The van der Waals surface area contributed by atoms with E-state index in [1.165, 1.54) is 0 Å². The van der Waals surface area contributed by atoms with Crippen LogP contribution in [0.1, 0.15) is 17.0 Å². The van der Waals surface area contributed by atoms with Gasteiger partial charge >= 0.3 is 0 Å². The molecule has 1 heterocycles.